The molecule has 182 valence electrons. The Morgan fingerprint density at radius 2 is 1.74 bits per heavy atom. The zero-order chi connectivity index (χ0) is 23.9. The summed E-state index contributed by atoms with van der Waals surface area (Å²) in [6.07, 6.45) is 1.04. The highest BCUT2D eigenvalue weighted by Gasteiger charge is 2.18. The molecule has 0 spiro atoms. The smallest absolute Gasteiger partial charge is 0.146 e. The van der Waals surface area contributed by atoms with E-state index in [2.05, 4.69) is 88.2 Å². The van der Waals surface area contributed by atoms with Gasteiger partial charge in [0.1, 0.15) is 16.5 Å². The molecule has 0 saturated carbocycles. The third kappa shape index (κ3) is 6.24. The van der Waals surface area contributed by atoms with Crippen LogP contribution in [-0.2, 0) is 17.8 Å². The maximum atomic E-state index is 5.51. The normalized spacial score (nSPS) is 14.6. The minimum Gasteiger partial charge on any atom is -0.379 e. The fourth-order valence-electron chi connectivity index (χ4n) is 4.50. The van der Waals surface area contributed by atoms with Crippen LogP contribution in [0.15, 0.2) is 66.0 Å². The van der Waals surface area contributed by atoms with Crippen LogP contribution >= 0.6 is 11.3 Å². The summed E-state index contributed by atoms with van der Waals surface area (Å²) in [7, 11) is 2.18. The zero-order valence-electron chi connectivity index (χ0n) is 20.3. The van der Waals surface area contributed by atoms with Gasteiger partial charge in [0.2, 0.25) is 0 Å². The lowest BCUT2D eigenvalue weighted by molar-refractivity contribution is 0.0331. The quantitative estimate of drug-likeness (QED) is 0.313. The third-order valence-corrected chi connectivity index (χ3v) is 7.21. The SMILES string of the molecule is CN(CCCNc1nc(CN2CCOCC2)nc2scc(-c3ccccc3)c12)Cc1ccccc1. The van der Waals surface area contributed by atoms with Gasteiger partial charge in [0.05, 0.1) is 25.1 Å². The number of fused-ring (bicyclic) bond motifs is 1. The van der Waals surface area contributed by atoms with Gasteiger partial charge in [-0.25, -0.2) is 9.97 Å². The second-order valence-corrected chi connectivity index (χ2v) is 9.93. The number of nitrogens with one attached hydrogen (secondary N) is 1. The molecule has 1 fully saturated rings. The molecule has 1 N–H and O–H groups in total. The fraction of sp³-hybridized carbons (Fsp3) is 0.357. The van der Waals surface area contributed by atoms with Gasteiger partial charge in [-0.15, -0.1) is 11.3 Å². The van der Waals surface area contributed by atoms with E-state index in [9.17, 15) is 0 Å². The monoisotopic (exact) mass is 487 g/mol. The van der Waals surface area contributed by atoms with Gasteiger partial charge in [0.15, 0.2) is 0 Å². The molecule has 0 atom stereocenters. The average Bonchev–Trinajstić information content (AvgIpc) is 3.32. The highest BCUT2D eigenvalue weighted by Crippen LogP contribution is 2.37. The van der Waals surface area contributed by atoms with Gasteiger partial charge in [-0.05, 0) is 31.1 Å². The number of rotatable bonds is 10. The maximum absolute atomic E-state index is 5.51. The summed E-state index contributed by atoms with van der Waals surface area (Å²) < 4.78 is 5.51. The van der Waals surface area contributed by atoms with Gasteiger partial charge in [-0.3, -0.25) is 4.90 Å². The van der Waals surface area contributed by atoms with Crippen LogP contribution in [0, 0.1) is 0 Å². The first-order valence-corrected chi connectivity index (χ1v) is 13.2. The van der Waals surface area contributed by atoms with Gasteiger partial charge >= 0.3 is 0 Å². The molecule has 0 aliphatic carbocycles. The molecule has 1 aliphatic rings. The maximum Gasteiger partial charge on any atom is 0.146 e. The summed E-state index contributed by atoms with van der Waals surface area (Å²) in [4.78, 5) is 15.8. The molecule has 6 nitrogen and oxygen atoms in total. The van der Waals surface area contributed by atoms with Crippen molar-refractivity contribution in [3.8, 4) is 11.1 Å². The Labute approximate surface area is 211 Å². The van der Waals surface area contributed by atoms with Crippen molar-refractivity contribution in [3.05, 3.63) is 77.4 Å². The number of hydrogen-bond donors (Lipinski definition) is 1. The van der Waals surface area contributed by atoms with Gasteiger partial charge in [0, 0.05) is 37.1 Å². The van der Waals surface area contributed by atoms with Crippen molar-refractivity contribution >= 4 is 27.4 Å². The Bertz CT molecular complexity index is 1210. The predicted molar refractivity (Wildman–Crippen MR) is 145 cm³/mol. The molecule has 7 heteroatoms. The second kappa shape index (κ2) is 11.7. The van der Waals surface area contributed by atoms with Crippen molar-refractivity contribution < 1.29 is 4.74 Å². The van der Waals surface area contributed by atoms with Crippen LogP contribution < -0.4 is 5.32 Å². The molecule has 1 aliphatic heterocycles. The Morgan fingerprint density at radius 3 is 2.51 bits per heavy atom. The van der Waals surface area contributed by atoms with Crippen LogP contribution in [0.3, 0.4) is 0 Å². The Balaban J connectivity index is 1.31. The van der Waals surface area contributed by atoms with Crippen molar-refractivity contribution in [1.29, 1.82) is 0 Å². The van der Waals surface area contributed by atoms with Crippen molar-refractivity contribution in [3.63, 3.8) is 0 Å². The Morgan fingerprint density at radius 1 is 1.00 bits per heavy atom. The summed E-state index contributed by atoms with van der Waals surface area (Å²) in [6, 6.07) is 21.2. The number of hydrogen-bond acceptors (Lipinski definition) is 7. The van der Waals surface area contributed by atoms with Gasteiger partial charge < -0.3 is 15.0 Å². The topological polar surface area (TPSA) is 53.5 Å². The van der Waals surface area contributed by atoms with Crippen LogP contribution in [0.1, 0.15) is 17.8 Å². The van der Waals surface area contributed by atoms with E-state index in [1.54, 1.807) is 11.3 Å². The van der Waals surface area contributed by atoms with Crippen molar-refractivity contribution in [2.75, 3.05) is 51.8 Å². The lowest BCUT2D eigenvalue weighted by atomic mass is 10.1. The molecule has 0 radical (unpaired) electrons. The minimum atomic E-state index is 0.756. The predicted octanol–water partition coefficient (Wildman–Crippen LogP) is 5.12. The molecule has 2 aromatic heterocycles. The minimum absolute atomic E-state index is 0.756. The average molecular weight is 488 g/mol. The molecule has 0 unspecified atom stereocenters. The molecule has 35 heavy (non-hydrogen) atoms. The molecule has 5 rings (SSSR count). The zero-order valence-corrected chi connectivity index (χ0v) is 21.1. The summed E-state index contributed by atoms with van der Waals surface area (Å²) in [5, 5.41) is 7.01. The van der Waals surface area contributed by atoms with Crippen molar-refractivity contribution in [2.24, 2.45) is 0 Å². The molecule has 0 amide bonds. The van der Waals surface area contributed by atoms with Crippen LogP contribution in [0.2, 0.25) is 0 Å². The summed E-state index contributed by atoms with van der Waals surface area (Å²) in [5.74, 6) is 1.83. The first kappa shape index (κ1) is 23.9. The standard InChI is InChI=1S/C28H33N5OS/c1-32(19-22-9-4-2-5-10-22)14-8-13-29-27-26-24(23-11-6-3-7-12-23)21-35-28(26)31-25(30-27)20-33-15-17-34-18-16-33/h2-7,9-12,21H,8,13-20H2,1H3,(H,29,30,31). The number of thiophene rings is 1. The van der Waals surface area contributed by atoms with Gasteiger partial charge in [-0.1, -0.05) is 60.7 Å². The van der Waals surface area contributed by atoms with Crippen molar-refractivity contribution in [1.82, 2.24) is 19.8 Å². The molecule has 1 saturated heterocycles. The van der Waals surface area contributed by atoms with E-state index in [0.29, 0.717) is 0 Å². The van der Waals surface area contributed by atoms with Crippen LogP contribution in [0.25, 0.3) is 21.3 Å². The number of nitrogens with zero attached hydrogens (tertiary/aromatic N) is 4. The highest BCUT2D eigenvalue weighted by molar-refractivity contribution is 7.17. The summed E-state index contributed by atoms with van der Waals surface area (Å²) in [5.41, 5.74) is 3.75. The van der Waals surface area contributed by atoms with E-state index in [1.807, 2.05) is 0 Å². The lowest BCUT2D eigenvalue weighted by Gasteiger charge is -2.26. The lowest BCUT2D eigenvalue weighted by Crippen LogP contribution is -2.36. The van der Waals surface area contributed by atoms with Gasteiger partial charge in [-0.2, -0.15) is 0 Å². The molecule has 3 heterocycles. The van der Waals surface area contributed by atoms with Gasteiger partial charge in [0.25, 0.3) is 0 Å². The van der Waals surface area contributed by atoms with Crippen LogP contribution in [-0.4, -0.2) is 66.2 Å². The molecular weight excluding hydrogens is 454 g/mol. The molecule has 4 aromatic rings. The summed E-state index contributed by atoms with van der Waals surface area (Å²) in [6.45, 7) is 7.02. The fourth-order valence-corrected chi connectivity index (χ4v) is 5.47. The van der Waals surface area contributed by atoms with Crippen LogP contribution in [0.5, 0.6) is 0 Å². The Hall–Kier alpha value is -2.84. The molecular formula is C28H33N5OS. The van der Waals surface area contributed by atoms with E-state index < -0.39 is 0 Å². The first-order chi connectivity index (χ1) is 17.3. The van der Waals surface area contributed by atoms with E-state index in [0.717, 1.165) is 80.8 Å². The van der Waals surface area contributed by atoms with E-state index >= 15 is 0 Å². The molecule has 2 aromatic carbocycles. The second-order valence-electron chi connectivity index (χ2n) is 9.08. The largest absolute Gasteiger partial charge is 0.379 e. The van der Waals surface area contributed by atoms with Crippen LogP contribution in [0.4, 0.5) is 5.82 Å². The van der Waals surface area contributed by atoms with E-state index in [1.165, 1.54) is 16.7 Å². The highest BCUT2D eigenvalue weighted by atomic mass is 32.1. The number of anilines is 1. The number of morpholine rings is 1. The van der Waals surface area contributed by atoms with Crippen molar-refractivity contribution in [2.45, 2.75) is 19.5 Å². The van der Waals surface area contributed by atoms with E-state index in [-0.39, 0.29) is 0 Å². The number of benzene rings is 2. The summed E-state index contributed by atoms with van der Waals surface area (Å²) >= 11 is 1.70. The third-order valence-electron chi connectivity index (χ3n) is 6.34. The number of ether oxygens (including phenoxy) is 1. The Kier molecular flexibility index (Phi) is 8.00. The number of aromatic nitrogens is 2. The molecule has 0 bridgehead atoms. The first-order valence-electron chi connectivity index (χ1n) is 12.4. The van der Waals surface area contributed by atoms with E-state index in [4.69, 9.17) is 14.7 Å².